The van der Waals surface area contributed by atoms with Crippen molar-refractivity contribution in [3.8, 4) is 0 Å². The van der Waals surface area contributed by atoms with Gasteiger partial charge in [-0.05, 0) is 42.4 Å². The van der Waals surface area contributed by atoms with E-state index in [0.717, 1.165) is 5.56 Å². The van der Waals surface area contributed by atoms with E-state index < -0.39 is 0 Å². The van der Waals surface area contributed by atoms with Crippen molar-refractivity contribution in [1.29, 1.82) is 0 Å². The van der Waals surface area contributed by atoms with Gasteiger partial charge >= 0.3 is 0 Å². The summed E-state index contributed by atoms with van der Waals surface area (Å²) in [4.78, 5) is 0. The second-order valence-electron chi connectivity index (χ2n) is 5.80. The predicted molar refractivity (Wildman–Crippen MR) is 61.5 cm³/mol. The molecule has 0 heterocycles. The summed E-state index contributed by atoms with van der Waals surface area (Å²) < 4.78 is 13.2. The Morgan fingerprint density at radius 2 is 1.80 bits per heavy atom. The third-order valence-corrected chi connectivity index (χ3v) is 3.90. The van der Waals surface area contributed by atoms with Gasteiger partial charge in [0.15, 0.2) is 0 Å². The number of rotatable bonds is 1. The van der Waals surface area contributed by atoms with Crippen molar-refractivity contribution in [1.82, 2.24) is 0 Å². The van der Waals surface area contributed by atoms with Gasteiger partial charge in [-0.3, -0.25) is 0 Å². The topological polar surface area (TPSA) is 0 Å². The molecule has 0 amide bonds. The lowest BCUT2D eigenvalue weighted by atomic mass is 9.73. The molecule has 0 aliphatic heterocycles. The number of halogens is 1. The zero-order valence-electron chi connectivity index (χ0n) is 10.0. The molecule has 1 aliphatic carbocycles. The molecular weight excluding hydrogens is 187 g/mol. The summed E-state index contributed by atoms with van der Waals surface area (Å²) in [7, 11) is 0. The molecule has 0 spiro atoms. The molecule has 0 saturated heterocycles. The van der Waals surface area contributed by atoms with Crippen LogP contribution in [0.5, 0.6) is 0 Å². The average molecular weight is 206 g/mol. The Balaban J connectivity index is 2.43. The van der Waals surface area contributed by atoms with Crippen LogP contribution in [0.25, 0.3) is 0 Å². The van der Waals surface area contributed by atoms with Crippen LogP contribution in [0.1, 0.15) is 44.7 Å². The SMILES string of the molecule is Cc1cc(C2(C(C)(C)C)CC2)ccc1F. The standard InChI is InChI=1S/C14H19F/c1-10-9-11(5-6-12(10)15)14(7-8-14)13(2,3)4/h5-6,9H,7-8H2,1-4H3. The van der Waals surface area contributed by atoms with Crippen molar-refractivity contribution >= 4 is 0 Å². The van der Waals surface area contributed by atoms with Crippen molar-refractivity contribution in [2.24, 2.45) is 5.41 Å². The summed E-state index contributed by atoms with van der Waals surface area (Å²) in [5.41, 5.74) is 2.65. The summed E-state index contributed by atoms with van der Waals surface area (Å²) in [6.07, 6.45) is 2.48. The third-order valence-electron chi connectivity index (χ3n) is 3.90. The highest BCUT2D eigenvalue weighted by molar-refractivity contribution is 5.37. The lowest BCUT2D eigenvalue weighted by Crippen LogP contribution is -2.26. The number of aryl methyl sites for hydroxylation is 1. The van der Waals surface area contributed by atoms with Crippen LogP contribution in [0.3, 0.4) is 0 Å². The van der Waals surface area contributed by atoms with Crippen LogP contribution >= 0.6 is 0 Å². The molecule has 1 aromatic rings. The Hall–Kier alpha value is -0.850. The molecule has 1 fully saturated rings. The monoisotopic (exact) mass is 206 g/mol. The van der Waals surface area contributed by atoms with E-state index in [2.05, 4.69) is 20.8 Å². The molecular formula is C14H19F. The first-order valence-corrected chi connectivity index (χ1v) is 5.63. The van der Waals surface area contributed by atoms with Crippen molar-refractivity contribution in [2.75, 3.05) is 0 Å². The highest BCUT2D eigenvalue weighted by Gasteiger charge is 2.52. The molecule has 0 unspecified atom stereocenters. The van der Waals surface area contributed by atoms with Gasteiger partial charge in [0.1, 0.15) is 5.82 Å². The van der Waals surface area contributed by atoms with Gasteiger partial charge in [0.05, 0.1) is 0 Å². The van der Waals surface area contributed by atoms with Crippen LogP contribution in [-0.4, -0.2) is 0 Å². The zero-order valence-corrected chi connectivity index (χ0v) is 10.0. The lowest BCUT2D eigenvalue weighted by Gasteiger charge is -2.31. The Labute approximate surface area is 91.5 Å². The third kappa shape index (κ3) is 1.58. The summed E-state index contributed by atoms with van der Waals surface area (Å²) in [6, 6.07) is 5.59. The summed E-state index contributed by atoms with van der Waals surface area (Å²) in [6.45, 7) is 8.67. The summed E-state index contributed by atoms with van der Waals surface area (Å²) >= 11 is 0. The molecule has 0 aromatic heterocycles. The maximum atomic E-state index is 13.2. The molecule has 0 bridgehead atoms. The number of hydrogen-bond acceptors (Lipinski definition) is 0. The Morgan fingerprint density at radius 1 is 1.20 bits per heavy atom. The van der Waals surface area contributed by atoms with Gasteiger partial charge in [0, 0.05) is 5.41 Å². The second-order valence-corrected chi connectivity index (χ2v) is 5.80. The molecule has 1 heteroatoms. The first-order valence-electron chi connectivity index (χ1n) is 5.63. The highest BCUT2D eigenvalue weighted by Crippen LogP contribution is 2.59. The van der Waals surface area contributed by atoms with E-state index in [1.165, 1.54) is 18.4 Å². The molecule has 1 aromatic carbocycles. The molecule has 1 aliphatic rings. The van der Waals surface area contributed by atoms with Crippen LogP contribution in [0, 0.1) is 18.2 Å². The molecule has 82 valence electrons. The van der Waals surface area contributed by atoms with Gasteiger partial charge in [-0.2, -0.15) is 0 Å². The number of benzene rings is 1. The molecule has 0 N–H and O–H groups in total. The van der Waals surface area contributed by atoms with Crippen molar-refractivity contribution in [3.05, 3.63) is 35.1 Å². The Morgan fingerprint density at radius 3 is 2.20 bits per heavy atom. The largest absolute Gasteiger partial charge is 0.207 e. The summed E-state index contributed by atoms with van der Waals surface area (Å²) in [5.74, 6) is -0.0940. The van der Waals surface area contributed by atoms with Crippen LogP contribution in [-0.2, 0) is 5.41 Å². The first kappa shape index (κ1) is 10.7. The van der Waals surface area contributed by atoms with Gasteiger partial charge in [-0.1, -0.05) is 32.9 Å². The quantitative estimate of drug-likeness (QED) is 0.645. The zero-order chi connectivity index (χ0) is 11.3. The number of hydrogen-bond donors (Lipinski definition) is 0. The molecule has 0 atom stereocenters. The minimum absolute atomic E-state index is 0.0940. The maximum absolute atomic E-state index is 13.2. The normalized spacial score (nSPS) is 19.0. The van der Waals surface area contributed by atoms with Gasteiger partial charge in [0.25, 0.3) is 0 Å². The average Bonchev–Trinajstić information content (AvgIpc) is 2.88. The molecule has 2 rings (SSSR count). The van der Waals surface area contributed by atoms with Crippen molar-refractivity contribution in [2.45, 2.75) is 46.0 Å². The first-order chi connectivity index (χ1) is 6.87. The predicted octanol–water partition coefficient (Wildman–Crippen LogP) is 4.21. The fraction of sp³-hybridized carbons (Fsp3) is 0.571. The van der Waals surface area contributed by atoms with Gasteiger partial charge < -0.3 is 0 Å². The van der Waals surface area contributed by atoms with Gasteiger partial charge in [-0.25, -0.2) is 4.39 Å². The van der Waals surface area contributed by atoms with Crippen LogP contribution in [0.15, 0.2) is 18.2 Å². The van der Waals surface area contributed by atoms with E-state index >= 15 is 0 Å². The molecule has 0 nitrogen and oxygen atoms in total. The van der Waals surface area contributed by atoms with Gasteiger partial charge in [0.2, 0.25) is 0 Å². The van der Waals surface area contributed by atoms with Crippen LogP contribution < -0.4 is 0 Å². The highest BCUT2D eigenvalue weighted by atomic mass is 19.1. The summed E-state index contributed by atoms with van der Waals surface area (Å²) in [5, 5.41) is 0. The smallest absolute Gasteiger partial charge is 0.126 e. The van der Waals surface area contributed by atoms with E-state index in [4.69, 9.17) is 0 Å². The lowest BCUT2D eigenvalue weighted by molar-refractivity contribution is 0.298. The van der Waals surface area contributed by atoms with Gasteiger partial charge in [-0.15, -0.1) is 0 Å². The fourth-order valence-electron chi connectivity index (χ4n) is 2.54. The van der Waals surface area contributed by atoms with Crippen LogP contribution in [0.2, 0.25) is 0 Å². The molecule has 15 heavy (non-hydrogen) atoms. The van der Waals surface area contributed by atoms with E-state index in [1.807, 2.05) is 19.1 Å². The Bertz CT molecular complexity index is 381. The second kappa shape index (κ2) is 3.07. The minimum atomic E-state index is -0.0940. The van der Waals surface area contributed by atoms with Crippen molar-refractivity contribution in [3.63, 3.8) is 0 Å². The molecule has 1 saturated carbocycles. The van der Waals surface area contributed by atoms with E-state index in [9.17, 15) is 4.39 Å². The Kier molecular flexibility index (Phi) is 2.18. The minimum Gasteiger partial charge on any atom is -0.207 e. The fourth-order valence-corrected chi connectivity index (χ4v) is 2.54. The van der Waals surface area contributed by atoms with Crippen molar-refractivity contribution < 1.29 is 4.39 Å². The maximum Gasteiger partial charge on any atom is 0.126 e. The van der Waals surface area contributed by atoms with E-state index in [0.29, 0.717) is 5.41 Å². The van der Waals surface area contributed by atoms with E-state index in [-0.39, 0.29) is 11.2 Å². The molecule has 0 radical (unpaired) electrons. The van der Waals surface area contributed by atoms with E-state index in [1.54, 1.807) is 6.07 Å². The van der Waals surface area contributed by atoms with Crippen LogP contribution in [0.4, 0.5) is 4.39 Å².